The van der Waals surface area contributed by atoms with Gasteiger partial charge in [-0.3, -0.25) is 29.0 Å². The SMILES string of the molecule is CCOC(=O)[C@H](CC(C)C)NC(=O)[C@@H](NC(=O)[C@H](Cc1c[nH]c2ccccc12)NC(=O)[C@@H]1CCCN1C(=O)[C@H](CCCCN)NC(=O)[C@@H](N)CCCN=C(N)N)C(C)(C)C. The van der Waals surface area contributed by atoms with E-state index in [1.54, 1.807) is 33.9 Å². The van der Waals surface area contributed by atoms with Crippen LogP contribution in [0.15, 0.2) is 35.5 Å². The van der Waals surface area contributed by atoms with Crippen LogP contribution in [0, 0.1) is 11.3 Å². The lowest BCUT2D eigenvalue weighted by Crippen LogP contribution is -2.61. The molecule has 1 saturated heterocycles. The zero-order chi connectivity index (χ0) is 44.6. The van der Waals surface area contributed by atoms with Crippen LogP contribution in [-0.4, -0.2) is 114 Å². The molecule has 0 aliphatic carbocycles. The number of benzene rings is 1. The summed E-state index contributed by atoms with van der Waals surface area (Å²) in [5.41, 5.74) is 23.4. The molecule has 1 aliphatic heterocycles. The number of amides is 5. The summed E-state index contributed by atoms with van der Waals surface area (Å²) in [4.78, 5) is 91.4. The predicted octanol–water partition coefficient (Wildman–Crippen LogP) is 0.806. The molecular weight excluding hydrogens is 771 g/mol. The van der Waals surface area contributed by atoms with Gasteiger partial charge in [0.1, 0.15) is 30.2 Å². The summed E-state index contributed by atoms with van der Waals surface area (Å²) in [6.07, 6.45) is 5.17. The number of aromatic nitrogens is 1. The summed E-state index contributed by atoms with van der Waals surface area (Å²) in [5, 5.41) is 12.3. The number of ether oxygens (including phenoxy) is 1. The third-order valence-electron chi connectivity index (χ3n) is 10.4. The van der Waals surface area contributed by atoms with Gasteiger partial charge in [-0.15, -0.1) is 0 Å². The highest BCUT2D eigenvalue weighted by Gasteiger charge is 2.41. The smallest absolute Gasteiger partial charge is 0.328 e. The van der Waals surface area contributed by atoms with Gasteiger partial charge in [-0.1, -0.05) is 52.8 Å². The quantitative estimate of drug-likeness (QED) is 0.0327. The maximum Gasteiger partial charge on any atom is 0.328 e. The molecule has 0 bridgehead atoms. The summed E-state index contributed by atoms with van der Waals surface area (Å²) in [6, 6.07) is 1.50. The van der Waals surface area contributed by atoms with E-state index in [0.29, 0.717) is 51.6 Å². The number of hydrogen-bond acceptors (Lipinski definition) is 10. The van der Waals surface area contributed by atoms with E-state index in [4.69, 9.17) is 27.7 Å². The Bertz CT molecular complexity index is 1790. The molecule has 13 N–H and O–H groups in total. The number of fused-ring (bicyclic) bond motifs is 1. The van der Waals surface area contributed by atoms with Crippen molar-refractivity contribution in [3.63, 3.8) is 0 Å². The number of unbranched alkanes of at least 4 members (excludes halogenated alkanes) is 1. The van der Waals surface area contributed by atoms with Crippen molar-refractivity contribution < 1.29 is 33.5 Å². The van der Waals surface area contributed by atoms with Crippen LogP contribution in [0.3, 0.4) is 0 Å². The Morgan fingerprint density at radius 2 is 1.62 bits per heavy atom. The number of guanidine groups is 1. The van der Waals surface area contributed by atoms with Crippen molar-refractivity contribution in [3.05, 3.63) is 36.0 Å². The largest absolute Gasteiger partial charge is 0.464 e. The highest BCUT2D eigenvalue weighted by molar-refractivity contribution is 5.97. The second-order valence-electron chi connectivity index (χ2n) is 17.0. The molecule has 2 heterocycles. The number of nitrogens with zero attached hydrogens (tertiary/aromatic N) is 2. The Balaban J connectivity index is 1.89. The first-order valence-electron chi connectivity index (χ1n) is 21.1. The molecule has 0 spiro atoms. The number of esters is 1. The van der Waals surface area contributed by atoms with Gasteiger partial charge < -0.3 is 58.8 Å². The topological polar surface area (TPSA) is 295 Å². The minimum Gasteiger partial charge on any atom is -0.464 e. The molecule has 1 aliphatic rings. The maximum absolute atomic E-state index is 14.4. The van der Waals surface area contributed by atoms with Gasteiger partial charge in [-0.2, -0.15) is 0 Å². The number of para-hydroxylation sites is 1. The fourth-order valence-corrected chi connectivity index (χ4v) is 7.28. The Kier molecular flexibility index (Phi) is 19.3. The number of H-pyrrole nitrogens is 1. The molecule has 6 atom stereocenters. The minimum absolute atomic E-state index is 0.0539. The van der Waals surface area contributed by atoms with Crippen LogP contribution in [0.2, 0.25) is 0 Å². The average Bonchev–Trinajstić information content (AvgIpc) is 3.84. The fraction of sp³-hybridized carbons (Fsp3) is 0.643. The van der Waals surface area contributed by atoms with Crippen molar-refractivity contribution in [2.45, 2.75) is 136 Å². The summed E-state index contributed by atoms with van der Waals surface area (Å²) >= 11 is 0. The van der Waals surface area contributed by atoms with E-state index in [0.717, 1.165) is 16.5 Å². The highest BCUT2D eigenvalue weighted by atomic mass is 16.5. The average molecular weight is 840 g/mol. The Morgan fingerprint density at radius 1 is 0.917 bits per heavy atom. The van der Waals surface area contributed by atoms with Crippen LogP contribution >= 0.6 is 0 Å². The van der Waals surface area contributed by atoms with Gasteiger partial charge in [-0.05, 0) is 87.8 Å². The molecule has 18 heteroatoms. The lowest BCUT2D eigenvalue weighted by Gasteiger charge is -2.34. The molecule has 60 heavy (non-hydrogen) atoms. The molecule has 1 aromatic heterocycles. The maximum atomic E-state index is 14.4. The van der Waals surface area contributed by atoms with Crippen molar-refractivity contribution in [2.75, 3.05) is 26.2 Å². The van der Waals surface area contributed by atoms with Crippen LogP contribution in [0.25, 0.3) is 10.9 Å². The number of aliphatic imine (C=N–C) groups is 1. The lowest BCUT2D eigenvalue weighted by molar-refractivity contribution is -0.148. The van der Waals surface area contributed by atoms with Gasteiger partial charge in [0.2, 0.25) is 29.5 Å². The third-order valence-corrected chi connectivity index (χ3v) is 10.4. The molecule has 18 nitrogen and oxygen atoms in total. The Hall–Kier alpha value is -5.23. The van der Waals surface area contributed by atoms with Crippen molar-refractivity contribution in [1.29, 1.82) is 0 Å². The summed E-state index contributed by atoms with van der Waals surface area (Å²) in [6.45, 7) is 12.0. The van der Waals surface area contributed by atoms with Crippen LogP contribution < -0.4 is 44.2 Å². The number of aromatic amines is 1. The van der Waals surface area contributed by atoms with Gasteiger partial charge in [0, 0.05) is 36.6 Å². The standard InChI is InChI=1S/C42H69N11O7/c1-7-60-40(59)32(22-25(2)3)51-38(57)34(42(4,5)6)52-36(55)31(23-26-24-48-29-16-9-8-14-27(26)29)50-37(56)33-18-13-21-53(33)39(58)30(17-10-11-19-43)49-35(54)28(44)15-12-20-47-41(45)46/h8-9,14,16,24-25,28,30-34,48H,7,10-13,15,17-23,43-44H2,1-6H3,(H,49,54)(H,50,56)(H,51,57)(H,52,55)(H4,45,46,47)/t28-,30-,31-,32-,33-,34+/m0/s1. The third kappa shape index (κ3) is 14.8. The highest BCUT2D eigenvalue weighted by Crippen LogP contribution is 2.24. The Labute approximate surface area is 353 Å². The van der Waals surface area contributed by atoms with E-state index in [-0.39, 0.29) is 44.3 Å². The first-order chi connectivity index (χ1) is 28.4. The van der Waals surface area contributed by atoms with Crippen LogP contribution in [0.1, 0.15) is 98.5 Å². The summed E-state index contributed by atoms with van der Waals surface area (Å²) < 4.78 is 5.23. The van der Waals surface area contributed by atoms with Crippen LogP contribution in [0.4, 0.5) is 0 Å². The van der Waals surface area contributed by atoms with Gasteiger partial charge in [0.25, 0.3) is 0 Å². The molecule has 1 fully saturated rings. The molecule has 0 unspecified atom stereocenters. The summed E-state index contributed by atoms with van der Waals surface area (Å²) in [5.74, 6) is -3.28. The van der Waals surface area contributed by atoms with E-state index in [1.165, 1.54) is 4.90 Å². The van der Waals surface area contributed by atoms with Crippen LogP contribution in [-0.2, 0) is 39.9 Å². The van der Waals surface area contributed by atoms with E-state index in [2.05, 4.69) is 31.2 Å². The van der Waals surface area contributed by atoms with E-state index < -0.39 is 77.2 Å². The molecule has 2 aromatic rings. The van der Waals surface area contributed by atoms with Gasteiger partial charge in [-0.25, -0.2) is 4.79 Å². The number of carbonyl (C=O) groups excluding carboxylic acids is 6. The van der Waals surface area contributed by atoms with Gasteiger partial charge in [0.05, 0.1) is 12.6 Å². The zero-order valence-electron chi connectivity index (χ0n) is 36.2. The molecule has 0 saturated carbocycles. The first-order valence-corrected chi connectivity index (χ1v) is 21.1. The molecule has 1 aromatic carbocycles. The zero-order valence-corrected chi connectivity index (χ0v) is 36.2. The van der Waals surface area contributed by atoms with E-state index in [9.17, 15) is 28.8 Å². The second-order valence-corrected chi connectivity index (χ2v) is 17.0. The normalized spacial score (nSPS) is 16.6. The molecule has 0 radical (unpaired) electrons. The Morgan fingerprint density at radius 3 is 2.27 bits per heavy atom. The summed E-state index contributed by atoms with van der Waals surface area (Å²) in [7, 11) is 0. The first kappa shape index (κ1) is 49.1. The van der Waals surface area contributed by atoms with Crippen molar-refractivity contribution >= 4 is 52.4 Å². The van der Waals surface area contributed by atoms with E-state index in [1.807, 2.05) is 38.1 Å². The van der Waals surface area contributed by atoms with Crippen molar-refractivity contribution in [3.8, 4) is 0 Å². The van der Waals surface area contributed by atoms with Gasteiger partial charge in [0.15, 0.2) is 5.96 Å². The number of hydrogen-bond donors (Lipinski definition) is 9. The predicted molar refractivity (Wildman–Crippen MR) is 231 cm³/mol. The van der Waals surface area contributed by atoms with Gasteiger partial charge >= 0.3 is 5.97 Å². The molecule has 334 valence electrons. The van der Waals surface area contributed by atoms with Crippen LogP contribution in [0.5, 0.6) is 0 Å². The number of likely N-dealkylation sites (tertiary alicyclic amines) is 1. The molecule has 3 rings (SSSR count). The lowest BCUT2D eigenvalue weighted by atomic mass is 9.85. The number of nitrogens with one attached hydrogen (secondary N) is 5. The number of nitrogens with two attached hydrogens (primary N) is 4. The monoisotopic (exact) mass is 840 g/mol. The van der Waals surface area contributed by atoms with E-state index >= 15 is 0 Å². The minimum atomic E-state index is -1.18. The molecule has 5 amide bonds. The number of carbonyl (C=O) groups is 6. The molecular formula is C42H69N11O7. The fourth-order valence-electron chi connectivity index (χ4n) is 7.28. The second kappa shape index (κ2) is 23.5. The van der Waals surface area contributed by atoms with Crippen molar-refractivity contribution in [1.82, 2.24) is 31.2 Å². The number of rotatable bonds is 23. The van der Waals surface area contributed by atoms with Crippen molar-refractivity contribution in [2.24, 2.45) is 39.3 Å².